The average Bonchev–Trinajstić information content (AvgIpc) is 2.05. The highest BCUT2D eigenvalue weighted by Crippen LogP contribution is 1.97. The van der Waals surface area contributed by atoms with E-state index in [1.807, 2.05) is 32.0 Å². The highest BCUT2D eigenvalue weighted by atomic mass is 16.4. The molecule has 1 rings (SSSR count). The zero-order valence-electron chi connectivity index (χ0n) is 7.58. The Kier molecular flexibility index (Phi) is 3.52. The lowest BCUT2D eigenvalue weighted by molar-refractivity contribution is 0.0430. The van der Waals surface area contributed by atoms with Gasteiger partial charge in [-0.2, -0.15) is 0 Å². The van der Waals surface area contributed by atoms with E-state index < -0.39 is 0 Å². The number of hydrogen-bond donors (Lipinski definition) is 0. The molecule has 1 aromatic carbocycles. The molecule has 0 heterocycles. The second kappa shape index (κ2) is 4.70. The van der Waals surface area contributed by atoms with Crippen LogP contribution >= 0.6 is 0 Å². The summed E-state index contributed by atoms with van der Waals surface area (Å²) in [6.45, 7) is 4.00. The summed E-state index contributed by atoms with van der Waals surface area (Å²) in [5.74, 6) is 0. The predicted octanol–water partition coefficient (Wildman–Crippen LogP) is 2.28. The molecule has 0 fully saturated rings. The minimum absolute atomic E-state index is 0.230. The minimum atomic E-state index is 0.230. The van der Waals surface area contributed by atoms with Crippen LogP contribution in [-0.4, -0.2) is 12.4 Å². The first-order valence-corrected chi connectivity index (χ1v) is 4.21. The van der Waals surface area contributed by atoms with Crippen molar-refractivity contribution in [2.45, 2.75) is 26.4 Å². The standard InChI is InChI=1S/C11H14O/c1-10(2)12-9-8-11-6-4-3-5-7-11/h3-7,10H,8H2,1-2H3. The molecule has 0 spiro atoms. The molecule has 0 bridgehead atoms. The van der Waals surface area contributed by atoms with Gasteiger partial charge in [-0.15, -0.1) is 0 Å². The highest BCUT2D eigenvalue weighted by molar-refractivity contribution is 5.56. The lowest BCUT2D eigenvalue weighted by Gasteiger charge is -1.97. The maximum atomic E-state index is 5.20. The highest BCUT2D eigenvalue weighted by Gasteiger charge is 1.88. The largest absolute Gasteiger partial charge is 0.455 e. The molecule has 0 aliphatic rings. The van der Waals surface area contributed by atoms with Crippen LogP contribution in [0.15, 0.2) is 30.3 Å². The van der Waals surface area contributed by atoms with Crippen molar-refractivity contribution in [2.24, 2.45) is 0 Å². The second-order valence-electron chi connectivity index (χ2n) is 2.97. The Morgan fingerprint density at radius 3 is 2.50 bits per heavy atom. The topological polar surface area (TPSA) is 11.3 Å². The van der Waals surface area contributed by atoms with Crippen LogP contribution in [0.1, 0.15) is 19.4 Å². The van der Waals surface area contributed by atoms with Crippen molar-refractivity contribution in [3.8, 4) is 0 Å². The molecule has 12 heavy (non-hydrogen) atoms. The van der Waals surface area contributed by atoms with E-state index in [1.54, 1.807) is 0 Å². The zero-order valence-corrected chi connectivity index (χ0v) is 7.58. The van der Waals surface area contributed by atoms with Gasteiger partial charge in [0.05, 0.1) is 0 Å². The van der Waals surface area contributed by atoms with E-state index in [-0.39, 0.29) is 6.10 Å². The Bertz CT molecular complexity index is 236. The Hall–Kier alpha value is -1.11. The molecule has 0 amide bonds. The van der Waals surface area contributed by atoms with Gasteiger partial charge in [-0.1, -0.05) is 42.3 Å². The van der Waals surface area contributed by atoms with Gasteiger partial charge in [-0.3, -0.25) is 0 Å². The van der Waals surface area contributed by atoms with Gasteiger partial charge in [0, 0.05) is 13.8 Å². The Balaban J connectivity index is 2.43. The summed E-state index contributed by atoms with van der Waals surface area (Å²) in [4.78, 5) is 0. The van der Waals surface area contributed by atoms with Gasteiger partial charge in [-0.25, -0.2) is 0 Å². The fraction of sp³-hybridized carbons (Fsp3) is 0.364. The summed E-state index contributed by atoms with van der Waals surface area (Å²) in [5.41, 5.74) is 1.23. The van der Waals surface area contributed by atoms with E-state index in [1.165, 1.54) is 5.56 Å². The van der Waals surface area contributed by atoms with Gasteiger partial charge in [0.15, 0.2) is 0 Å². The normalized spacial score (nSPS) is 11.2. The van der Waals surface area contributed by atoms with Crippen LogP contribution in [0.25, 0.3) is 0 Å². The van der Waals surface area contributed by atoms with Crippen LogP contribution in [0, 0.1) is 0 Å². The SMILES string of the molecule is CC(C)[O+]=[C-]Cc1ccccc1. The van der Waals surface area contributed by atoms with Crippen LogP contribution in [0.4, 0.5) is 0 Å². The summed E-state index contributed by atoms with van der Waals surface area (Å²) < 4.78 is 5.20. The Labute approximate surface area is 73.7 Å². The molecule has 0 radical (unpaired) electrons. The third kappa shape index (κ3) is 3.33. The lowest BCUT2D eigenvalue weighted by atomic mass is 10.2. The molecular weight excluding hydrogens is 148 g/mol. The number of rotatable bonds is 3. The summed E-state index contributed by atoms with van der Waals surface area (Å²) >= 11 is 0. The molecule has 0 aliphatic carbocycles. The molecule has 1 aromatic rings. The first kappa shape index (κ1) is 8.98. The molecule has 64 valence electrons. The second-order valence-corrected chi connectivity index (χ2v) is 2.97. The van der Waals surface area contributed by atoms with Crippen LogP contribution in [0.3, 0.4) is 0 Å². The Morgan fingerprint density at radius 1 is 1.25 bits per heavy atom. The first-order valence-electron chi connectivity index (χ1n) is 4.21. The summed E-state index contributed by atoms with van der Waals surface area (Å²) in [5, 5.41) is 0. The number of carbonyl (C=O) groups excluding carboxylic acids is 1. The molecule has 1 heteroatoms. The molecule has 0 saturated heterocycles. The molecule has 0 aliphatic heterocycles. The van der Waals surface area contributed by atoms with E-state index in [0.29, 0.717) is 0 Å². The maximum Gasteiger partial charge on any atom is 0.221 e. The van der Waals surface area contributed by atoms with Gasteiger partial charge in [0.2, 0.25) is 6.10 Å². The van der Waals surface area contributed by atoms with Crippen molar-refractivity contribution in [1.29, 1.82) is 0 Å². The average molecular weight is 162 g/mol. The number of benzene rings is 1. The van der Waals surface area contributed by atoms with E-state index in [4.69, 9.17) is 4.42 Å². The van der Waals surface area contributed by atoms with E-state index in [9.17, 15) is 0 Å². The molecule has 0 N–H and O–H groups in total. The van der Waals surface area contributed by atoms with Crippen molar-refractivity contribution in [1.82, 2.24) is 0 Å². The minimum Gasteiger partial charge on any atom is -0.455 e. The van der Waals surface area contributed by atoms with Crippen molar-refractivity contribution < 1.29 is 4.42 Å². The van der Waals surface area contributed by atoms with Crippen molar-refractivity contribution in [3.63, 3.8) is 0 Å². The van der Waals surface area contributed by atoms with Crippen LogP contribution in [0.5, 0.6) is 0 Å². The van der Waals surface area contributed by atoms with Gasteiger partial charge in [0.25, 0.3) is 0 Å². The van der Waals surface area contributed by atoms with Gasteiger partial charge in [-0.05, 0) is 6.29 Å². The van der Waals surface area contributed by atoms with Gasteiger partial charge >= 0.3 is 0 Å². The quantitative estimate of drug-likeness (QED) is 0.477. The van der Waals surface area contributed by atoms with Gasteiger partial charge < -0.3 is 4.42 Å². The molecule has 0 unspecified atom stereocenters. The van der Waals surface area contributed by atoms with Crippen molar-refractivity contribution in [2.75, 3.05) is 0 Å². The molecule has 0 saturated carbocycles. The molecule has 0 atom stereocenters. The third-order valence-electron chi connectivity index (χ3n) is 1.44. The van der Waals surface area contributed by atoms with Gasteiger partial charge in [0.1, 0.15) is 0 Å². The molecular formula is C11H14O. The maximum absolute atomic E-state index is 5.20. The third-order valence-corrected chi connectivity index (χ3v) is 1.44. The summed E-state index contributed by atoms with van der Waals surface area (Å²) in [6.07, 6.45) is 3.89. The fourth-order valence-corrected chi connectivity index (χ4v) is 0.888. The molecule has 1 nitrogen and oxygen atoms in total. The number of hydrogen-bond acceptors (Lipinski definition) is 0. The van der Waals surface area contributed by atoms with Crippen molar-refractivity contribution in [3.05, 3.63) is 35.9 Å². The summed E-state index contributed by atoms with van der Waals surface area (Å²) in [7, 11) is 0. The fourth-order valence-electron chi connectivity index (χ4n) is 0.888. The van der Waals surface area contributed by atoms with E-state index >= 15 is 0 Å². The van der Waals surface area contributed by atoms with Crippen LogP contribution in [-0.2, 0) is 10.8 Å². The molecule has 0 aromatic heterocycles. The zero-order chi connectivity index (χ0) is 8.81. The summed E-state index contributed by atoms with van der Waals surface area (Å²) in [6, 6.07) is 10.2. The first-order chi connectivity index (χ1) is 5.79. The van der Waals surface area contributed by atoms with Crippen LogP contribution in [0.2, 0.25) is 0 Å². The smallest absolute Gasteiger partial charge is 0.221 e. The predicted molar refractivity (Wildman–Crippen MR) is 51.0 cm³/mol. The monoisotopic (exact) mass is 162 g/mol. The van der Waals surface area contributed by atoms with E-state index in [2.05, 4.69) is 18.4 Å². The lowest BCUT2D eigenvalue weighted by Crippen LogP contribution is -1.96. The van der Waals surface area contributed by atoms with Crippen LogP contribution < -0.4 is 0 Å². The van der Waals surface area contributed by atoms with Crippen molar-refractivity contribution >= 4 is 6.29 Å². The van der Waals surface area contributed by atoms with E-state index in [0.717, 1.165) is 6.42 Å². The Morgan fingerprint density at radius 2 is 1.92 bits per heavy atom.